The van der Waals surface area contributed by atoms with Crippen molar-refractivity contribution in [1.82, 2.24) is 9.88 Å². The van der Waals surface area contributed by atoms with Gasteiger partial charge in [-0.3, -0.25) is 9.78 Å². The van der Waals surface area contributed by atoms with Crippen molar-refractivity contribution in [1.29, 1.82) is 0 Å². The molecule has 0 aliphatic carbocycles. The van der Waals surface area contributed by atoms with E-state index in [2.05, 4.69) is 4.98 Å². The molecule has 1 amide bonds. The van der Waals surface area contributed by atoms with Crippen LogP contribution in [0.5, 0.6) is 0 Å². The third-order valence-corrected chi connectivity index (χ3v) is 3.76. The molecule has 0 bridgehead atoms. The summed E-state index contributed by atoms with van der Waals surface area (Å²) in [5.41, 5.74) is 0.850. The average molecular weight is 238 g/mol. The molecule has 0 radical (unpaired) electrons. The highest BCUT2D eigenvalue weighted by Gasteiger charge is 2.38. The molecule has 1 saturated heterocycles. The molecule has 0 saturated carbocycles. The number of aliphatic carboxylic acids is 1. The zero-order valence-electron chi connectivity index (χ0n) is 8.31. The quantitative estimate of drug-likeness (QED) is 0.786. The van der Waals surface area contributed by atoms with E-state index in [4.69, 9.17) is 5.11 Å². The second-order valence-corrected chi connectivity index (χ2v) is 4.49. The van der Waals surface area contributed by atoms with Gasteiger partial charge in [0.1, 0.15) is 11.4 Å². The van der Waals surface area contributed by atoms with Crippen molar-refractivity contribution < 1.29 is 14.7 Å². The third-order valence-electron chi connectivity index (χ3n) is 2.42. The Labute approximate surface area is 96.5 Å². The van der Waals surface area contributed by atoms with Crippen LogP contribution in [-0.4, -0.2) is 39.2 Å². The normalized spacial score (nSPS) is 24.4. The van der Waals surface area contributed by atoms with Crippen LogP contribution in [0.15, 0.2) is 24.5 Å². The summed E-state index contributed by atoms with van der Waals surface area (Å²) >= 11 is 1.44. The van der Waals surface area contributed by atoms with Crippen molar-refractivity contribution in [2.24, 2.45) is 0 Å². The van der Waals surface area contributed by atoms with Crippen LogP contribution in [0.1, 0.15) is 10.9 Å². The number of rotatable bonds is 3. The van der Waals surface area contributed by atoms with Crippen LogP contribution in [0.3, 0.4) is 0 Å². The Morgan fingerprint density at radius 1 is 1.69 bits per heavy atom. The van der Waals surface area contributed by atoms with E-state index in [-0.39, 0.29) is 5.37 Å². The largest absolute Gasteiger partial charge is 0.480 e. The number of hydrogen-bond donors (Lipinski definition) is 1. The first-order valence-corrected chi connectivity index (χ1v) is 5.76. The van der Waals surface area contributed by atoms with Gasteiger partial charge in [0, 0.05) is 23.7 Å². The van der Waals surface area contributed by atoms with Gasteiger partial charge in [-0.2, -0.15) is 0 Å². The lowest BCUT2D eigenvalue weighted by atomic mass is 10.2. The Bertz CT molecular complexity index is 398. The van der Waals surface area contributed by atoms with Gasteiger partial charge in [0.05, 0.1) is 0 Å². The summed E-state index contributed by atoms with van der Waals surface area (Å²) < 4.78 is 0. The van der Waals surface area contributed by atoms with Crippen molar-refractivity contribution in [3.05, 3.63) is 30.1 Å². The van der Waals surface area contributed by atoms with Gasteiger partial charge in [-0.15, -0.1) is 11.8 Å². The van der Waals surface area contributed by atoms with Crippen LogP contribution < -0.4 is 0 Å². The molecule has 6 heteroatoms. The summed E-state index contributed by atoms with van der Waals surface area (Å²) in [4.78, 5) is 27.1. The van der Waals surface area contributed by atoms with Gasteiger partial charge < -0.3 is 10.0 Å². The Morgan fingerprint density at radius 3 is 3.06 bits per heavy atom. The molecular weight excluding hydrogens is 228 g/mol. The minimum atomic E-state index is -0.967. The molecule has 1 N–H and O–H groups in total. The third kappa shape index (κ3) is 1.88. The van der Waals surface area contributed by atoms with E-state index in [0.29, 0.717) is 12.2 Å². The molecule has 5 nitrogen and oxygen atoms in total. The maximum Gasteiger partial charge on any atom is 0.327 e. The fourth-order valence-corrected chi connectivity index (χ4v) is 3.02. The lowest BCUT2D eigenvalue weighted by Crippen LogP contribution is -2.37. The average Bonchev–Trinajstić information content (AvgIpc) is 2.73. The first-order chi connectivity index (χ1) is 7.74. The van der Waals surface area contributed by atoms with Gasteiger partial charge in [-0.25, -0.2) is 4.79 Å². The van der Waals surface area contributed by atoms with Crippen LogP contribution in [0.4, 0.5) is 0 Å². The van der Waals surface area contributed by atoms with Gasteiger partial charge >= 0.3 is 5.97 Å². The monoisotopic (exact) mass is 238 g/mol. The zero-order valence-corrected chi connectivity index (χ0v) is 9.13. The summed E-state index contributed by atoms with van der Waals surface area (Å²) in [6.45, 7) is 0. The summed E-state index contributed by atoms with van der Waals surface area (Å²) in [7, 11) is 0. The smallest absolute Gasteiger partial charge is 0.327 e. The number of carbonyl (C=O) groups is 2. The summed E-state index contributed by atoms with van der Waals surface area (Å²) in [6.07, 6.45) is 3.89. The molecule has 0 spiro atoms. The lowest BCUT2D eigenvalue weighted by Gasteiger charge is -2.22. The first kappa shape index (κ1) is 10.9. The number of aromatic nitrogens is 1. The Kier molecular flexibility index (Phi) is 3.09. The lowest BCUT2D eigenvalue weighted by molar-refractivity contribution is -0.145. The van der Waals surface area contributed by atoms with Crippen molar-refractivity contribution in [3.63, 3.8) is 0 Å². The maximum atomic E-state index is 10.9. The van der Waals surface area contributed by atoms with Crippen LogP contribution in [0.2, 0.25) is 0 Å². The van der Waals surface area contributed by atoms with Gasteiger partial charge in [0.25, 0.3) is 0 Å². The second kappa shape index (κ2) is 4.52. The standard InChI is InChI=1S/C10H10N2O3S/c13-6-12-8(10(14)15)5-16-9(12)7-2-1-3-11-4-7/h1-4,6,8-9H,5H2,(H,14,15)/t8-,9?/m0/s1. The van der Waals surface area contributed by atoms with Gasteiger partial charge in [-0.05, 0) is 6.07 Å². The summed E-state index contributed by atoms with van der Waals surface area (Å²) in [5.74, 6) is -0.556. The minimum absolute atomic E-state index is 0.243. The number of carboxylic acid groups (broad SMARTS) is 1. The van der Waals surface area contributed by atoms with E-state index >= 15 is 0 Å². The fraction of sp³-hybridized carbons (Fsp3) is 0.300. The number of hydrogen-bond acceptors (Lipinski definition) is 4. The Morgan fingerprint density at radius 2 is 2.50 bits per heavy atom. The summed E-state index contributed by atoms with van der Waals surface area (Å²) in [5, 5.41) is 8.71. The Hall–Kier alpha value is -1.56. The maximum absolute atomic E-state index is 10.9. The molecule has 1 aliphatic rings. The van der Waals surface area contributed by atoms with Crippen LogP contribution in [-0.2, 0) is 9.59 Å². The molecule has 16 heavy (non-hydrogen) atoms. The number of pyridine rings is 1. The van der Waals surface area contributed by atoms with Crippen LogP contribution in [0.25, 0.3) is 0 Å². The highest BCUT2D eigenvalue weighted by molar-refractivity contribution is 7.99. The number of carboxylic acids is 1. The van der Waals surface area contributed by atoms with E-state index in [1.54, 1.807) is 18.5 Å². The highest BCUT2D eigenvalue weighted by atomic mass is 32.2. The fourth-order valence-electron chi connectivity index (χ4n) is 1.64. The topological polar surface area (TPSA) is 70.5 Å². The molecule has 1 aromatic rings. The van der Waals surface area contributed by atoms with Gasteiger partial charge in [0.2, 0.25) is 6.41 Å². The molecule has 84 valence electrons. The van der Waals surface area contributed by atoms with Crippen molar-refractivity contribution in [2.75, 3.05) is 5.75 Å². The first-order valence-electron chi connectivity index (χ1n) is 4.71. The number of amides is 1. The van der Waals surface area contributed by atoms with E-state index in [1.165, 1.54) is 16.7 Å². The molecule has 0 aromatic carbocycles. The van der Waals surface area contributed by atoms with E-state index in [9.17, 15) is 9.59 Å². The highest BCUT2D eigenvalue weighted by Crippen LogP contribution is 2.39. The molecule has 1 aromatic heterocycles. The molecular formula is C10H10N2O3S. The molecule has 2 rings (SSSR count). The van der Waals surface area contributed by atoms with E-state index in [1.807, 2.05) is 6.07 Å². The molecule has 1 unspecified atom stereocenters. The van der Waals surface area contributed by atoms with Crippen molar-refractivity contribution >= 4 is 24.1 Å². The Balaban J connectivity index is 2.24. The molecule has 2 atom stereocenters. The SMILES string of the molecule is O=CN1C(c2cccnc2)SC[C@H]1C(=O)O. The van der Waals surface area contributed by atoms with E-state index in [0.717, 1.165) is 5.56 Å². The zero-order chi connectivity index (χ0) is 11.5. The number of thioether (sulfide) groups is 1. The predicted molar refractivity (Wildman–Crippen MR) is 58.8 cm³/mol. The predicted octanol–water partition coefficient (Wildman–Crippen LogP) is 0.739. The van der Waals surface area contributed by atoms with Gasteiger partial charge in [-0.1, -0.05) is 6.07 Å². The molecule has 2 heterocycles. The van der Waals surface area contributed by atoms with E-state index < -0.39 is 12.0 Å². The molecule has 1 aliphatic heterocycles. The van der Waals surface area contributed by atoms with Crippen LogP contribution in [0, 0.1) is 0 Å². The van der Waals surface area contributed by atoms with Crippen molar-refractivity contribution in [3.8, 4) is 0 Å². The number of nitrogens with zero attached hydrogens (tertiary/aromatic N) is 2. The summed E-state index contributed by atoms with van der Waals surface area (Å²) in [6, 6.07) is 2.87. The molecule has 1 fully saturated rings. The second-order valence-electron chi connectivity index (χ2n) is 3.38. The minimum Gasteiger partial charge on any atom is -0.480 e. The van der Waals surface area contributed by atoms with Crippen molar-refractivity contribution in [2.45, 2.75) is 11.4 Å². The number of carbonyl (C=O) groups excluding carboxylic acids is 1. The van der Waals surface area contributed by atoms with Crippen LogP contribution >= 0.6 is 11.8 Å². The van der Waals surface area contributed by atoms with Gasteiger partial charge in [0.15, 0.2) is 0 Å².